The first kappa shape index (κ1) is 12.5. The second-order valence-electron chi connectivity index (χ2n) is 8.01. The van der Waals surface area contributed by atoms with E-state index in [-0.39, 0.29) is 0 Å². The average molecular weight is 285 g/mol. The van der Waals surface area contributed by atoms with Crippen molar-refractivity contribution in [1.82, 2.24) is 9.78 Å². The van der Waals surface area contributed by atoms with Gasteiger partial charge in [-0.3, -0.25) is 0 Å². The Bertz CT molecular complexity index is 529. The average Bonchev–Trinajstić information content (AvgIpc) is 3.26. The topological polar surface area (TPSA) is 29.9 Å². The molecule has 3 fully saturated rings. The van der Waals surface area contributed by atoms with E-state index in [9.17, 15) is 0 Å². The summed E-state index contributed by atoms with van der Waals surface area (Å²) in [5.74, 6) is 4.93. The van der Waals surface area contributed by atoms with E-state index in [2.05, 4.69) is 16.1 Å². The summed E-state index contributed by atoms with van der Waals surface area (Å²) in [4.78, 5) is 0. The Balaban J connectivity index is 1.45. The molecule has 4 atom stereocenters. The highest BCUT2D eigenvalue weighted by Gasteiger charge is 2.42. The lowest BCUT2D eigenvalue weighted by atomic mass is 9.86. The molecule has 1 aliphatic heterocycles. The Labute approximate surface area is 127 Å². The van der Waals surface area contributed by atoms with Gasteiger partial charge in [-0.05, 0) is 56.3 Å². The molecule has 3 aliphatic carbocycles. The summed E-state index contributed by atoms with van der Waals surface area (Å²) in [5, 5.41) is 8.74. The molecule has 1 aromatic rings. The number of aromatic nitrogens is 2. The summed E-state index contributed by atoms with van der Waals surface area (Å²) >= 11 is 0. The minimum Gasteiger partial charge on any atom is -0.370 e. The fourth-order valence-corrected chi connectivity index (χ4v) is 5.83. The highest BCUT2D eigenvalue weighted by Crippen LogP contribution is 2.53. The fraction of sp³-hybridized carbons (Fsp3) is 0.833. The summed E-state index contributed by atoms with van der Waals surface area (Å²) in [6, 6.07) is 3.07. The molecule has 21 heavy (non-hydrogen) atoms. The van der Waals surface area contributed by atoms with Crippen LogP contribution >= 0.6 is 0 Å². The van der Waals surface area contributed by atoms with E-state index in [1.54, 1.807) is 0 Å². The number of fused-ring (bicyclic) bond motifs is 3. The third-order valence-electron chi connectivity index (χ3n) is 6.88. The predicted octanol–water partition coefficient (Wildman–Crippen LogP) is 4.33. The van der Waals surface area contributed by atoms with Gasteiger partial charge in [0, 0.05) is 18.5 Å². The van der Waals surface area contributed by atoms with Gasteiger partial charge in [-0.2, -0.15) is 5.10 Å². The maximum absolute atomic E-state index is 5.13. The van der Waals surface area contributed by atoms with Crippen LogP contribution in [0.3, 0.4) is 0 Å². The van der Waals surface area contributed by atoms with Crippen LogP contribution in [-0.4, -0.2) is 16.3 Å². The van der Waals surface area contributed by atoms with Crippen molar-refractivity contribution in [3.8, 4) is 0 Å². The second kappa shape index (κ2) is 4.76. The molecular formula is C18H27N3. The molecular weight excluding hydrogens is 258 g/mol. The highest BCUT2D eigenvalue weighted by molar-refractivity contribution is 5.41. The maximum atomic E-state index is 5.13. The number of nitrogens with zero attached hydrogens (tertiary/aromatic N) is 2. The van der Waals surface area contributed by atoms with E-state index in [0.29, 0.717) is 6.04 Å². The zero-order valence-electron chi connectivity index (χ0n) is 12.9. The molecule has 1 aromatic heterocycles. The van der Waals surface area contributed by atoms with Gasteiger partial charge >= 0.3 is 0 Å². The van der Waals surface area contributed by atoms with Crippen LogP contribution < -0.4 is 5.32 Å². The van der Waals surface area contributed by atoms with Crippen LogP contribution in [0.4, 0.5) is 5.82 Å². The van der Waals surface area contributed by atoms with E-state index in [4.69, 9.17) is 5.10 Å². The quantitative estimate of drug-likeness (QED) is 0.876. The summed E-state index contributed by atoms with van der Waals surface area (Å²) < 4.78 is 2.39. The molecule has 0 amide bonds. The third kappa shape index (κ3) is 1.96. The monoisotopic (exact) mass is 285 g/mol. The molecule has 0 radical (unpaired) electrons. The highest BCUT2D eigenvalue weighted by atomic mass is 15.4. The number of anilines is 1. The van der Waals surface area contributed by atoms with Crippen LogP contribution in [0.1, 0.15) is 75.4 Å². The lowest BCUT2D eigenvalue weighted by Crippen LogP contribution is -2.28. The van der Waals surface area contributed by atoms with Gasteiger partial charge in [0.05, 0.1) is 11.7 Å². The van der Waals surface area contributed by atoms with E-state index >= 15 is 0 Å². The molecule has 0 spiro atoms. The normalized spacial score (nSPS) is 38.7. The molecule has 2 bridgehead atoms. The Morgan fingerprint density at radius 1 is 1.00 bits per heavy atom. The maximum Gasteiger partial charge on any atom is 0.124 e. The molecule has 2 heterocycles. The second-order valence-corrected chi connectivity index (χ2v) is 8.01. The van der Waals surface area contributed by atoms with Gasteiger partial charge in [-0.1, -0.05) is 19.3 Å². The van der Waals surface area contributed by atoms with Gasteiger partial charge in [0.15, 0.2) is 0 Å². The summed E-state index contributed by atoms with van der Waals surface area (Å²) in [6.07, 6.45) is 12.8. The Morgan fingerprint density at radius 2 is 1.90 bits per heavy atom. The van der Waals surface area contributed by atoms with Crippen molar-refractivity contribution in [1.29, 1.82) is 0 Å². The smallest absolute Gasteiger partial charge is 0.124 e. The number of rotatable bonds is 2. The first-order valence-electron chi connectivity index (χ1n) is 9.22. The van der Waals surface area contributed by atoms with Crippen LogP contribution in [0.25, 0.3) is 0 Å². The standard InChI is InChI=1S/C18H27N3/c1-2-4-13(3-1)17-7-8-19-18-11-16(20-21(17)18)15-10-12-5-6-14(15)9-12/h11-15,17,19H,1-10H2. The minimum atomic E-state index is 0.677. The molecule has 3 saturated carbocycles. The number of nitrogens with one attached hydrogen (secondary N) is 1. The van der Waals surface area contributed by atoms with Crippen molar-refractivity contribution in [3.05, 3.63) is 11.8 Å². The Hall–Kier alpha value is -0.990. The van der Waals surface area contributed by atoms with Gasteiger partial charge < -0.3 is 5.32 Å². The van der Waals surface area contributed by atoms with Crippen molar-refractivity contribution >= 4 is 5.82 Å². The molecule has 3 heteroatoms. The minimum absolute atomic E-state index is 0.677. The summed E-state index contributed by atoms with van der Waals surface area (Å²) in [6.45, 7) is 1.14. The molecule has 1 N–H and O–H groups in total. The van der Waals surface area contributed by atoms with Gasteiger partial charge in [0.1, 0.15) is 5.82 Å². The van der Waals surface area contributed by atoms with Crippen LogP contribution in [0.5, 0.6) is 0 Å². The zero-order chi connectivity index (χ0) is 13.8. The van der Waals surface area contributed by atoms with Gasteiger partial charge in [-0.15, -0.1) is 0 Å². The van der Waals surface area contributed by atoms with Gasteiger partial charge in [0.2, 0.25) is 0 Å². The molecule has 4 unspecified atom stereocenters. The van der Waals surface area contributed by atoms with Crippen molar-refractivity contribution in [2.75, 3.05) is 11.9 Å². The molecule has 0 aromatic carbocycles. The van der Waals surface area contributed by atoms with Crippen LogP contribution in [0.15, 0.2) is 6.07 Å². The number of hydrogen-bond donors (Lipinski definition) is 1. The van der Waals surface area contributed by atoms with Gasteiger partial charge in [0.25, 0.3) is 0 Å². The Morgan fingerprint density at radius 3 is 2.67 bits per heavy atom. The fourth-order valence-electron chi connectivity index (χ4n) is 5.83. The number of hydrogen-bond acceptors (Lipinski definition) is 2. The van der Waals surface area contributed by atoms with E-state index in [1.165, 1.54) is 69.3 Å². The molecule has 0 saturated heterocycles. The summed E-state index contributed by atoms with van der Waals surface area (Å²) in [5.41, 5.74) is 1.41. The largest absolute Gasteiger partial charge is 0.370 e. The molecule has 114 valence electrons. The van der Waals surface area contributed by atoms with Gasteiger partial charge in [-0.25, -0.2) is 4.68 Å². The molecule has 5 rings (SSSR count). The summed E-state index contributed by atoms with van der Waals surface area (Å²) in [7, 11) is 0. The van der Waals surface area contributed by atoms with Crippen molar-refractivity contribution in [3.63, 3.8) is 0 Å². The predicted molar refractivity (Wildman–Crippen MR) is 84.5 cm³/mol. The van der Waals surface area contributed by atoms with Crippen LogP contribution in [0, 0.1) is 17.8 Å². The van der Waals surface area contributed by atoms with E-state index < -0.39 is 0 Å². The van der Waals surface area contributed by atoms with E-state index in [1.807, 2.05) is 0 Å². The first-order valence-corrected chi connectivity index (χ1v) is 9.22. The lowest BCUT2D eigenvalue weighted by Gasteiger charge is -2.30. The van der Waals surface area contributed by atoms with E-state index in [0.717, 1.165) is 30.2 Å². The van der Waals surface area contributed by atoms with Crippen molar-refractivity contribution in [2.24, 2.45) is 17.8 Å². The SMILES string of the molecule is c1c(C2CC3CCC2C3)nn2c1NCCC2C1CCCC1. The Kier molecular flexibility index (Phi) is 2.84. The lowest BCUT2D eigenvalue weighted by molar-refractivity contribution is 0.286. The van der Waals surface area contributed by atoms with Crippen molar-refractivity contribution in [2.45, 2.75) is 69.7 Å². The molecule has 3 nitrogen and oxygen atoms in total. The van der Waals surface area contributed by atoms with Crippen LogP contribution in [-0.2, 0) is 0 Å². The molecule has 4 aliphatic rings. The zero-order valence-corrected chi connectivity index (χ0v) is 12.9. The third-order valence-corrected chi connectivity index (χ3v) is 6.88. The first-order chi connectivity index (χ1) is 10.4. The van der Waals surface area contributed by atoms with Crippen molar-refractivity contribution < 1.29 is 0 Å². The van der Waals surface area contributed by atoms with Crippen LogP contribution in [0.2, 0.25) is 0 Å².